The Bertz CT molecular complexity index is 390. The zero-order chi connectivity index (χ0) is 11.6. The molecule has 0 aromatic heterocycles. The van der Waals surface area contributed by atoms with Crippen molar-refractivity contribution in [2.75, 3.05) is 0 Å². The third-order valence-electron chi connectivity index (χ3n) is 1.30. The Labute approximate surface area is 89.3 Å². The van der Waals surface area contributed by atoms with Crippen molar-refractivity contribution in [3.63, 3.8) is 0 Å². The maximum Gasteiger partial charge on any atom is 0.344 e. The Hall–Kier alpha value is -1.11. The molecule has 15 heavy (non-hydrogen) atoms. The third kappa shape index (κ3) is 2.92. The van der Waals surface area contributed by atoms with Gasteiger partial charge >= 0.3 is 12.1 Å². The fourth-order valence-corrected chi connectivity index (χ4v) is 1.16. The van der Waals surface area contributed by atoms with Gasteiger partial charge in [-0.3, -0.25) is 0 Å². The highest BCUT2D eigenvalue weighted by Crippen LogP contribution is 2.28. The van der Waals surface area contributed by atoms with Crippen molar-refractivity contribution in [2.45, 2.75) is 0 Å². The van der Waals surface area contributed by atoms with Gasteiger partial charge in [-0.1, -0.05) is 15.9 Å². The molecule has 0 fully saturated rings. The Morgan fingerprint density at radius 3 is 1.93 bits per heavy atom. The van der Waals surface area contributed by atoms with Gasteiger partial charge in [-0.15, -0.1) is 0 Å². The summed E-state index contributed by atoms with van der Waals surface area (Å²) in [6.07, 6.45) is -2.79. The maximum atomic E-state index is 12.9. The molecule has 0 aliphatic heterocycles. The van der Waals surface area contributed by atoms with Gasteiger partial charge < -0.3 is 4.74 Å². The van der Waals surface area contributed by atoms with E-state index in [2.05, 4.69) is 20.7 Å². The van der Waals surface area contributed by atoms with Crippen LogP contribution < -0.4 is 4.74 Å². The summed E-state index contributed by atoms with van der Waals surface area (Å²) >= 11 is 2.75. The van der Waals surface area contributed by atoms with Crippen molar-refractivity contribution < 1.29 is 26.7 Å². The zero-order valence-corrected chi connectivity index (χ0v) is 8.42. The molecule has 1 rings (SSSR count). The molecule has 0 unspecified atom stereocenters. The molecule has 1 aromatic carbocycles. The molecule has 0 atom stereocenters. The van der Waals surface area contributed by atoms with Gasteiger partial charge in [0.1, 0.15) is 0 Å². The Balaban J connectivity index is 3.11. The molecule has 0 saturated heterocycles. The molecule has 1 nitrogen and oxygen atoms in total. The van der Waals surface area contributed by atoms with Gasteiger partial charge in [0, 0.05) is 4.47 Å². The van der Waals surface area contributed by atoms with Gasteiger partial charge in [0.25, 0.3) is 0 Å². The van der Waals surface area contributed by atoms with E-state index in [0.29, 0.717) is 0 Å². The van der Waals surface area contributed by atoms with E-state index < -0.39 is 29.5 Å². The average molecular weight is 289 g/mol. The highest BCUT2D eigenvalue weighted by molar-refractivity contribution is 9.10. The third-order valence-corrected chi connectivity index (χ3v) is 1.76. The van der Waals surface area contributed by atoms with Crippen LogP contribution in [0, 0.1) is 11.6 Å². The van der Waals surface area contributed by atoms with Crippen LogP contribution in [-0.4, -0.2) is 0 Å². The summed E-state index contributed by atoms with van der Waals surface area (Å²) in [6.45, 7) is 0. The van der Waals surface area contributed by atoms with Gasteiger partial charge in [0.15, 0.2) is 11.6 Å². The van der Waals surface area contributed by atoms with Gasteiger partial charge in [0.2, 0.25) is 5.75 Å². The molecule has 0 N–H and O–H groups in total. The van der Waals surface area contributed by atoms with Crippen molar-refractivity contribution in [2.24, 2.45) is 0 Å². The lowest BCUT2D eigenvalue weighted by atomic mass is 10.3. The fourth-order valence-electron chi connectivity index (χ4n) is 0.755. The number of benzene rings is 1. The summed E-state index contributed by atoms with van der Waals surface area (Å²) in [5.74, 6) is -3.81. The number of rotatable bonds is 2. The lowest BCUT2D eigenvalue weighted by molar-refractivity contribution is 0.226. The Morgan fingerprint density at radius 1 is 1.07 bits per heavy atom. The molecule has 0 aliphatic rings. The van der Waals surface area contributed by atoms with Crippen molar-refractivity contribution >= 4 is 15.9 Å². The predicted molar refractivity (Wildman–Crippen MR) is 45.0 cm³/mol. The lowest BCUT2D eigenvalue weighted by Gasteiger charge is -2.05. The van der Waals surface area contributed by atoms with Crippen LogP contribution >= 0.6 is 15.9 Å². The molecule has 7 heteroatoms. The first-order valence-corrected chi connectivity index (χ1v) is 4.24. The minimum absolute atomic E-state index is 0.0370. The van der Waals surface area contributed by atoms with E-state index in [4.69, 9.17) is 0 Å². The number of halogens is 6. The summed E-state index contributed by atoms with van der Waals surface area (Å²) < 4.78 is 64.9. The quantitative estimate of drug-likeness (QED) is 0.587. The van der Waals surface area contributed by atoms with Crippen LogP contribution in [0.5, 0.6) is 5.75 Å². The summed E-state index contributed by atoms with van der Waals surface area (Å²) in [4.78, 5) is 0. The summed E-state index contributed by atoms with van der Waals surface area (Å²) in [5, 5.41) is 0. The average Bonchev–Trinajstić information content (AvgIpc) is 2.10. The second kappa shape index (κ2) is 4.61. The van der Waals surface area contributed by atoms with Crippen molar-refractivity contribution in [1.82, 2.24) is 0 Å². The largest absolute Gasteiger partial charge is 0.422 e. The van der Waals surface area contributed by atoms with Gasteiger partial charge in [-0.05, 0) is 12.1 Å². The minimum Gasteiger partial charge on any atom is -0.422 e. The van der Waals surface area contributed by atoms with Crippen LogP contribution in [0.4, 0.5) is 22.0 Å². The van der Waals surface area contributed by atoms with Gasteiger partial charge in [-0.2, -0.15) is 13.2 Å². The smallest absolute Gasteiger partial charge is 0.344 e. The second-order valence-electron chi connectivity index (χ2n) is 2.33. The molecule has 0 aliphatic carbocycles. The number of hydrogen-bond acceptors (Lipinski definition) is 1. The van der Waals surface area contributed by atoms with Gasteiger partial charge in [-0.25, -0.2) is 8.78 Å². The topological polar surface area (TPSA) is 9.23 Å². The molecule has 82 valence electrons. The first-order valence-electron chi connectivity index (χ1n) is 3.45. The first kappa shape index (κ1) is 12.0. The fraction of sp³-hybridized carbons (Fsp3) is 0. The van der Waals surface area contributed by atoms with Crippen LogP contribution in [-0.2, 0) is 0 Å². The SMILES string of the molecule is FC(F)=C(F)Oc1c(F)cc(Br)cc1F. The lowest BCUT2D eigenvalue weighted by Crippen LogP contribution is -1.97. The normalized spacial score (nSPS) is 10.0. The van der Waals surface area contributed by atoms with E-state index in [1.807, 2.05) is 0 Å². The van der Waals surface area contributed by atoms with E-state index in [9.17, 15) is 22.0 Å². The molecule has 0 bridgehead atoms. The van der Waals surface area contributed by atoms with E-state index in [1.54, 1.807) is 0 Å². The first-order chi connectivity index (χ1) is 6.91. The number of ether oxygens (including phenoxy) is 1. The van der Waals surface area contributed by atoms with Crippen molar-refractivity contribution in [1.29, 1.82) is 0 Å². The standard InChI is InChI=1S/C8H2BrF5O/c9-3-1-4(10)6(5(11)2-3)15-8(14)7(12)13/h1-2H. The van der Waals surface area contributed by atoms with Crippen molar-refractivity contribution in [3.05, 3.63) is 40.3 Å². The summed E-state index contributed by atoms with van der Waals surface area (Å²) in [7, 11) is 0. The molecule has 0 saturated carbocycles. The summed E-state index contributed by atoms with van der Waals surface area (Å²) in [6, 6.07) is -0.834. The highest BCUT2D eigenvalue weighted by Gasteiger charge is 2.16. The predicted octanol–water partition coefficient (Wildman–Crippen LogP) is 4.14. The molecule has 1 aromatic rings. The maximum absolute atomic E-state index is 12.9. The summed E-state index contributed by atoms with van der Waals surface area (Å²) in [5.41, 5.74) is 0. The van der Waals surface area contributed by atoms with Crippen LogP contribution in [0.15, 0.2) is 28.7 Å². The monoisotopic (exact) mass is 288 g/mol. The van der Waals surface area contributed by atoms with Crippen LogP contribution in [0.1, 0.15) is 0 Å². The highest BCUT2D eigenvalue weighted by atomic mass is 79.9. The second-order valence-corrected chi connectivity index (χ2v) is 3.25. The molecule has 0 spiro atoms. The zero-order valence-electron chi connectivity index (χ0n) is 6.83. The van der Waals surface area contributed by atoms with E-state index >= 15 is 0 Å². The van der Waals surface area contributed by atoms with Crippen LogP contribution in [0.2, 0.25) is 0 Å². The Morgan fingerprint density at radius 2 is 1.53 bits per heavy atom. The van der Waals surface area contributed by atoms with Gasteiger partial charge in [0.05, 0.1) is 0 Å². The van der Waals surface area contributed by atoms with E-state index in [1.165, 1.54) is 0 Å². The molecule has 0 heterocycles. The van der Waals surface area contributed by atoms with Crippen LogP contribution in [0.3, 0.4) is 0 Å². The minimum atomic E-state index is -2.79. The molecule has 0 radical (unpaired) electrons. The van der Waals surface area contributed by atoms with Crippen LogP contribution in [0.25, 0.3) is 0 Å². The Kier molecular flexibility index (Phi) is 3.67. The van der Waals surface area contributed by atoms with E-state index in [-0.39, 0.29) is 4.47 Å². The number of hydrogen-bond donors (Lipinski definition) is 0. The molecule has 0 amide bonds. The van der Waals surface area contributed by atoms with E-state index in [0.717, 1.165) is 12.1 Å². The van der Waals surface area contributed by atoms with Crippen molar-refractivity contribution in [3.8, 4) is 5.75 Å². The molecular weight excluding hydrogens is 287 g/mol. The molecular formula is C8H2BrF5O.